The molecule has 1 unspecified atom stereocenters. The van der Waals surface area contributed by atoms with E-state index in [0.717, 1.165) is 21.7 Å². The first kappa shape index (κ1) is 17.6. The van der Waals surface area contributed by atoms with E-state index in [2.05, 4.69) is 20.7 Å². The molecule has 20 heavy (non-hydrogen) atoms. The Balaban J connectivity index is 2.15. The molecule has 0 bridgehead atoms. The van der Waals surface area contributed by atoms with Crippen molar-refractivity contribution in [1.82, 2.24) is 0 Å². The van der Waals surface area contributed by atoms with E-state index in [0.29, 0.717) is 18.1 Å². The van der Waals surface area contributed by atoms with Crippen LogP contribution < -0.4 is 10.5 Å². The number of carbonyl (C=O) groups is 1. The maximum absolute atomic E-state index is 11.1. The van der Waals surface area contributed by atoms with E-state index < -0.39 is 6.04 Å². The summed E-state index contributed by atoms with van der Waals surface area (Å²) in [6.07, 6.45) is 0.599. The number of hydrogen-bond acceptors (Lipinski definition) is 5. The third-order valence-electron chi connectivity index (χ3n) is 2.46. The molecule has 1 aromatic rings. The molecule has 0 aliphatic rings. The summed E-state index contributed by atoms with van der Waals surface area (Å²) in [5.41, 5.74) is 5.63. The zero-order valence-electron chi connectivity index (χ0n) is 11.1. The van der Waals surface area contributed by atoms with Gasteiger partial charge in [-0.2, -0.15) is 11.8 Å². The quantitative estimate of drug-likeness (QED) is 0.553. The smallest absolute Gasteiger partial charge is 0.322 e. The lowest BCUT2D eigenvalue weighted by Gasteiger charge is -2.10. The monoisotopic (exact) mass is 381 g/mol. The highest BCUT2D eigenvalue weighted by molar-refractivity contribution is 9.10. The van der Waals surface area contributed by atoms with Gasteiger partial charge in [-0.3, -0.25) is 4.79 Å². The molecule has 1 rings (SSSR count). The number of thioether (sulfide) groups is 1. The Morgan fingerprint density at radius 2 is 2.25 bits per heavy atom. The van der Waals surface area contributed by atoms with Crippen molar-refractivity contribution >= 4 is 45.3 Å². The van der Waals surface area contributed by atoms with Gasteiger partial charge in [0.05, 0.1) is 18.2 Å². The van der Waals surface area contributed by atoms with E-state index >= 15 is 0 Å². The van der Waals surface area contributed by atoms with Gasteiger partial charge in [0.2, 0.25) is 0 Å². The van der Waals surface area contributed by atoms with Gasteiger partial charge in [0.1, 0.15) is 11.8 Å². The van der Waals surface area contributed by atoms with Crippen molar-refractivity contribution in [2.24, 2.45) is 5.73 Å². The van der Waals surface area contributed by atoms with Crippen molar-refractivity contribution < 1.29 is 14.3 Å². The van der Waals surface area contributed by atoms with Crippen LogP contribution in [0.15, 0.2) is 22.7 Å². The summed E-state index contributed by atoms with van der Waals surface area (Å²) >= 11 is 10.9. The molecule has 4 nitrogen and oxygen atoms in total. The molecular formula is C13H17BrClNO3S. The molecule has 0 saturated carbocycles. The normalized spacial score (nSPS) is 12.0. The molecule has 0 aromatic heterocycles. The minimum absolute atomic E-state index is 0.369. The topological polar surface area (TPSA) is 61.5 Å². The van der Waals surface area contributed by atoms with E-state index in [4.69, 9.17) is 22.1 Å². The molecule has 7 heteroatoms. The van der Waals surface area contributed by atoms with Crippen LogP contribution in [0, 0.1) is 0 Å². The van der Waals surface area contributed by atoms with Crippen molar-refractivity contribution in [2.45, 2.75) is 12.5 Å². The fourth-order valence-corrected chi connectivity index (χ4v) is 3.01. The molecule has 0 radical (unpaired) electrons. The number of halogens is 2. The maximum Gasteiger partial charge on any atom is 0.322 e. The molecular weight excluding hydrogens is 366 g/mol. The fraction of sp³-hybridized carbons (Fsp3) is 0.462. The van der Waals surface area contributed by atoms with Crippen molar-refractivity contribution in [3.05, 3.63) is 27.7 Å². The molecule has 1 atom stereocenters. The van der Waals surface area contributed by atoms with E-state index in [9.17, 15) is 4.79 Å². The van der Waals surface area contributed by atoms with E-state index in [-0.39, 0.29) is 5.97 Å². The lowest BCUT2D eigenvalue weighted by Crippen LogP contribution is -2.32. The Labute approximate surface area is 136 Å². The number of methoxy groups -OCH3 is 1. The summed E-state index contributed by atoms with van der Waals surface area (Å²) in [4.78, 5) is 11.1. The molecule has 2 N–H and O–H groups in total. The molecule has 0 saturated heterocycles. The largest absolute Gasteiger partial charge is 0.492 e. The minimum Gasteiger partial charge on any atom is -0.492 e. The second-order valence-electron chi connectivity index (χ2n) is 3.95. The Kier molecular flexibility index (Phi) is 8.37. The number of nitrogens with two attached hydrogens (primary N) is 1. The Bertz CT molecular complexity index is 448. The number of rotatable bonds is 8. The third kappa shape index (κ3) is 6.35. The van der Waals surface area contributed by atoms with Crippen LogP contribution in [-0.2, 0) is 9.53 Å². The first-order valence-corrected chi connectivity index (χ1v) is 8.36. The molecule has 0 fully saturated rings. The van der Waals surface area contributed by atoms with Crippen LogP contribution in [0.5, 0.6) is 5.75 Å². The van der Waals surface area contributed by atoms with Gasteiger partial charge in [-0.05, 0) is 46.3 Å². The van der Waals surface area contributed by atoms with Crippen molar-refractivity contribution in [3.63, 3.8) is 0 Å². The van der Waals surface area contributed by atoms with Crippen LogP contribution in [0.25, 0.3) is 0 Å². The fourth-order valence-electron chi connectivity index (χ4n) is 1.38. The maximum atomic E-state index is 11.1. The molecule has 1 aromatic carbocycles. The number of hydrogen-bond donors (Lipinski definition) is 1. The predicted molar refractivity (Wildman–Crippen MR) is 86.6 cm³/mol. The summed E-state index contributed by atoms with van der Waals surface area (Å²) < 4.78 is 11.0. The number of esters is 1. The van der Waals surface area contributed by atoms with Gasteiger partial charge in [0, 0.05) is 10.8 Å². The first-order chi connectivity index (χ1) is 9.54. The minimum atomic E-state index is -0.543. The summed E-state index contributed by atoms with van der Waals surface area (Å²) in [7, 11) is 1.34. The van der Waals surface area contributed by atoms with Crippen molar-refractivity contribution in [2.75, 3.05) is 25.2 Å². The highest BCUT2D eigenvalue weighted by Gasteiger charge is 2.12. The van der Waals surface area contributed by atoms with Gasteiger partial charge in [-0.1, -0.05) is 11.6 Å². The average Bonchev–Trinajstić information content (AvgIpc) is 2.43. The summed E-state index contributed by atoms with van der Waals surface area (Å²) in [5.74, 6) is 2.01. The Morgan fingerprint density at radius 1 is 1.50 bits per heavy atom. The van der Waals surface area contributed by atoms with E-state index in [1.807, 2.05) is 6.07 Å². The lowest BCUT2D eigenvalue weighted by molar-refractivity contribution is -0.142. The van der Waals surface area contributed by atoms with E-state index in [1.54, 1.807) is 23.9 Å². The number of ether oxygens (including phenoxy) is 2. The highest BCUT2D eigenvalue weighted by atomic mass is 79.9. The molecule has 0 heterocycles. The molecule has 0 spiro atoms. The molecule has 0 aliphatic carbocycles. The average molecular weight is 383 g/mol. The predicted octanol–water partition coefficient (Wildman–Crippen LogP) is 3.10. The number of benzene rings is 1. The SMILES string of the molecule is COC(=O)C(N)CCSCCOc1ccc(Cl)cc1Br. The summed E-state index contributed by atoms with van der Waals surface area (Å²) in [6, 6.07) is 4.85. The second-order valence-corrected chi connectivity index (χ2v) is 6.47. The van der Waals surface area contributed by atoms with Crippen LogP contribution in [0.4, 0.5) is 0 Å². The molecule has 0 aliphatic heterocycles. The zero-order valence-corrected chi connectivity index (χ0v) is 14.3. The Hall–Kier alpha value is -0.430. The molecule has 112 valence electrons. The highest BCUT2D eigenvalue weighted by Crippen LogP contribution is 2.28. The van der Waals surface area contributed by atoms with Gasteiger partial charge in [0.25, 0.3) is 0 Å². The second kappa shape index (κ2) is 9.50. The van der Waals surface area contributed by atoms with E-state index in [1.165, 1.54) is 7.11 Å². The van der Waals surface area contributed by atoms with Crippen LogP contribution in [0.1, 0.15) is 6.42 Å². The zero-order chi connectivity index (χ0) is 15.0. The van der Waals surface area contributed by atoms with Crippen LogP contribution in [0.3, 0.4) is 0 Å². The van der Waals surface area contributed by atoms with Crippen LogP contribution in [0.2, 0.25) is 5.02 Å². The molecule has 0 amide bonds. The van der Waals surface area contributed by atoms with Crippen molar-refractivity contribution in [3.8, 4) is 5.75 Å². The number of carbonyl (C=O) groups excluding carboxylic acids is 1. The van der Waals surface area contributed by atoms with Gasteiger partial charge < -0.3 is 15.2 Å². The third-order valence-corrected chi connectivity index (χ3v) is 4.29. The van der Waals surface area contributed by atoms with Gasteiger partial charge in [-0.15, -0.1) is 0 Å². The van der Waals surface area contributed by atoms with Crippen LogP contribution >= 0.6 is 39.3 Å². The standard InChI is InChI=1S/C13H17BrClNO3S/c1-18-13(17)11(16)4-6-20-7-5-19-12-3-2-9(15)8-10(12)14/h2-3,8,11H,4-7,16H2,1H3. The van der Waals surface area contributed by atoms with Gasteiger partial charge in [-0.25, -0.2) is 0 Å². The first-order valence-electron chi connectivity index (χ1n) is 6.03. The van der Waals surface area contributed by atoms with Crippen LogP contribution in [-0.4, -0.2) is 37.2 Å². The Morgan fingerprint density at radius 3 is 2.90 bits per heavy atom. The summed E-state index contributed by atoms with van der Waals surface area (Å²) in [6.45, 7) is 0.582. The van der Waals surface area contributed by atoms with Gasteiger partial charge >= 0.3 is 5.97 Å². The van der Waals surface area contributed by atoms with Gasteiger partial charge in [0.15, 0.2) is 0 Å². The van der Waals surface area contributed by atoms with Crippen molar-refractivity contribution in [1.29, 1.82) is 0 Å². The lowest BCUT2D eigenvalue weighted by atomic mass is 10.2. The summed E-state index contributed by atoms with van der Waals surface area (Å²) in [5, 5.41) is 0.662.